The summed E-state index contributed by atoms with van der Waals surface area (Å²) in [5.41, 5.74) is 0.787. The Morgan fingerprint density at radius 1 is 0.692 bits per heavy atom. The quantitative estimate of drug-likeness (QED) is 0.305. The molecule has 0 fully saturated rings. The molecule has 0 bridgehead atoms. The highest BCUT2D eigenvalue weighted by atomic mass is 28.3. The van der Waals surface area contributed by atoms with Gasteiger partial charge in [0.05, 0.1) is 41.9 Å². The normalized spacial score (nSPS) is 11.0. The first-order valence-corrected chi connectivity index (χ1v) is 15.2. The molecular formula is C18H30O6Si2. The molecule has 0 atom stereocenters. The van der Waals surface area contributed by atoms with Crippen LogP contribution in [0.4, 0.5) is 0 Å². The molecule has 0 spiro atoms. The van der Waals surface area contributed by atoms with Crippen molar-refractivity contribution in [1.29, 1.82) is 0 Å². The lowest BCUT2D eigenvalue weighted by atomic mass is 10.1. The maximum absolute atomic E-state index is 11.9. The van der Waals surface area contributed by atoms with Crippen LogP contribution >= 0.6 is 0 Å². The number of hydrogen-bond acceptors (Lipinski definition) is 6. The molecule has 26 heavy (non-hydrogen) atoms. The number of benzene rings is 1. The molecule has 8 heteroatoms. The third kappa shape index (κ3) is 9.86. The van der Waals surface area contributed by atoms with Crippen molar-refractivity contribution in [3.8, 4) is 0 Å². The van der Waals surface area contributed by atoms with Gasteiger partial charge in [-0.2, -0.15) is 0 Å². The molecule has 0 heterocycles. The van der Waals surface area contributed by atoms with Gasteiger partial charge in [0.1, 0.15) is 13.2 Å². The number of rotatable bonds is 12. The second-order valence-electron chi connectivity index (χ2n) is 6.79. The van der Waals surface area contributed by atoms with Crippen LogP contribution in [0.1, 0.15) is 20.7 Å². The SMILES string of the molecule is C[SiH](C)COCCOC(=O)c1ccc(C(=O)OCCOC[SiH](C)C)cc1. The molecule has 0 unspecified atom stereocenters. The molecule has 0 radical (unpaired) electrons. The molecule has 1 aromatic rings. The van der Waals surface area contributed by atoms with E-state index in [1.54, 1.807) is 24.3 Å². The van der Waals surface area contributed by atoms with Crippen LogP contribution in [0.15, 0.2) is 24.3 Å². The molecule has 1 aromatic carbocycles. The zero-order valence-electron chi connectivity index (χ0n) is 16.2. The van der Waals surface area contributed by atoms with Crippen molar-refractivity contribution in [2.75, 3.05) is 38.9 Å². The number of carbonyl (C=O) groups excluding carboxylic acids is 2. The standard InChI is InChI=1S/C18H30O6Si2/c1-25(2)13-21-9-11-23-17(19)15-5-7-16(8-6-15)18(20)24-12-10-22-14-26(3)4/h5-8,25-26H,9-14H2,1-4H3. The maximum Gasteiger partial charge on any atom is 0.338 e. The smallest absolute Gasteiger partial charge is 0.338 e. The summed E-state index contributed by atoms with van der Waals surface area (Å²) in [6, 6.07) is 6.23. The third-order valence-corrected chi connectivity index (χ3v) is 4.99. The van der Waals surface area contributed by atoms with Gasteiger partial charge in [0.2, 0.25) is 0 Å². The van der Waals surface area contributed by atoms with Gasteiger partial charge in [0.15, 0.2) is 0 Å². The average Bonchev–Trinajstić information content (AvgIpc) is 2.60. The molecule has 0 saturated heterocycles. The van der Waals surface area contributed by atoms with E-state index in [-0.39, 0.29) is 13.2 Å². The fraction of sp³-hybridized carbons (Fsp3) is 0.556. The third-order valence-electron chi connectivity index (χ3n) is 3.18. The van der Waals surface area contributed by atoms with Crippen LogP contribution in [-0.2, 0) is 18.9 Å². The maximum atomic E-state index is 11.9. The first-order chi connectivity index (χ1) is 12.4. The lowest BCUT2D eigenvalue weighted by Crippen LogP contribution is -2.17. The van der Waals surface area contributed by atoms with Crippen LogP contribution in [0.2, 0.25) is 26.2 Å². The van der Waals surface area contributed by atoms with Crippen LogP contribution in [0.3, 0.4) is 0 Å². The zero-order valence-corrected chi connectivity index (χ0v) is 18.5. The summed E-state index contributed by atoms with van der Waals surface area (Å²) in [6.45, 7) is 10.0. The fourth-order valence-electron chi connectivity index (χ4n) is 1.93. The summed E-state index contributed by atoms with van der Waals surface area (Å²) in [7, 11) is -1.49. The topological polar surface area (TPSA) is 71.1 Å². The molecule has 0 amide bonds. The summed E-state index contributed by atoms with van der Waals surface area (Å²) in [5.74, 6) is -0.858. The monoisotopic (exact) mass is 398 g/mol. The van der Waals surface area contributed by atoms with Gasteiger partial charge in [-0.25, -0.2) is 9.59 Å². The van der Waals surface area contributed by atoms with Crippen molar-refractivity contribution in [3.05, 3.63) is 35.4 Å². The Kier molecular flexibility index (Phi) is 11.1. The molecule has 0 aliphatic heterocycles. The molecular weight excluding hydrogens is 368 g/mol. The number of esters is 2. The van der Waals surface area contributed by atoms with Crippen molar-refractivity contribution in [1.82, 2.24) is 0 Å². The lowest BCUT2D eigenvalue weighted by molar-refractivity contribution is 0.0356. The Balaban J connectivity index is 2.30. The number of carbonyl (C=O) groups is 2. The first kappa shape index (κ1) is 22.6. The van der Waals surface area contributed by atoms with E-state index in [0.717, 1.165) is 12.5 Å². The molecule has 0 N–H and O–H groups in total. The highest BCUT2D eigenvalue weighted by Crippen LogP contribution is 2.07. The Labute approximate surface area is 159 Å². The van der Waals surface area contributed by atoms with Gasteiger partial charge in [0, 0.05) is 12.5 Å². The minimum absolute atomic E-state index is 0.225. The molecule has 0 aliphatic rings. The summed E-state index contributed by atoms with van der Waals surface area (Å²) in [4.78, 5) is 23.8. The Morgan fingerprint density at radius 3 is 1.35 bits per heavy atom. The van der Waals surface area contributed by atoms with Gasteiger partial charge in [-0.3, -0.25) is 0 Å². The minimum atomic E-state index is -0.743. The summed E-state index contributed by atoms with van der Waals surface area (Å²) in [6.07, 6.45) is 1.55. The zero-order chi connectivity index (χ0) is 19.4. The Morgan fingerprint density at radius 2 is 1.04 bits per heavy atom. The Hall–Kier alpha value is -1.49. The first-order valence-electron chi connectivity index (χ1n) is 9.00. The number of ether oxygens (including phenoxy) is 4. The van der Waals surface area contributed by atoms with Gasteiger partial charge < -0.3 is 18.9 Å². The molecule has 6 nitrogen and oxygen atoms in total. The molecule has 146 valence electrons. The predicted molar refractivity (Wildman–Crippen MR) is 106 cm³/mol. The van der Waals surface area contributed by atoms with E-state index in [4.69, 9.17) is 18.9 Å². The van der Waals surface area contributed by atoms with Gasteiger partial charge >= 0.3 is 11.9 Å². The summed E-state index contributed by atoms with van der Waals surface area (Å²) < 4.78 is 21.1. The second kappa shape index (κ2) is 12.8. The highest BCUT2D eigenvalue weighted by Gasteiger charge is 2.11. The van der Waals surface area contributed by atoms with Crippen LogP contribution < -0.4 is 0 Å². The van der Waals surface area contributed by atoms with Gasteiger partial charge in [-0.1, -0.05) is 26.2 Å². The van der Waals surface area contributed by atoms with Crippen LogP contribution in [0.25, 0.3) is 0 Å². The summed E-state index contributed by atoms with van der Waals surface area (Å²) >= 11 is 0. The van der Waals surface area contributed by atoms with Crippen molar-refractivity contribution >= 4 is 29.5 Å². The van der Waals surface area contributed by atoms with Crippen molar-refractivity contribution in [2.45, 2.75) is 26.2 Å². The van der Waals surface area contributed by atoms with Crippen molar-refractivity contribution in [3.63, 3.8) is 0 Å². The van der Waals surface area contributed by atoms with Crippen LogP contribution in [0, 0.1) is 0 Å². The van der Waals surface area contributed by atoms with E-state index >= 15 is 0 Å². The largest absolute Gasteiger partial charge is 0.460 e. The van der Waals surface area contributed by atoms with Crippen molar-refractivity contribution < 1.29 is 28.5 Å². The molecule has 0 saturated carbocycles. The Bertz CT molecular complexity index is 496. The average molecular weight is 399 g/mol. The fourth-order valence-corrected chi connectivity index (χ4v) is 3.21. The van der Waals surface area contributed by atoms with E-state index in [0.29, 0.717) is 24.3 Å². The summed E-state index contributed by atoms with van der Waals surface area (Å²) in [5, 5.41) is 0. The van der Waals surface area contributed by atoms with E-state index in [2.05, 4.69) is 26.2 Å². The number of hydrogen-bond donors (Lipinski definition) is 0. The highest BCUT2D eigenvalue weighted by molar-refractivity contribution is 6.55. The van der Waals surface area contributed by atoms with Gasteiger partial charge in [0.25, 0.3) is 0 Å². The van der Waals surface area contributed by atoms with Gasteiger partial charge in [-0.05, 0) is 24.3 Å². The molecule has 0 aromatic heterocycles. The van der Waals surface area contributed by atoms with Crippen LogP contribution in [-0.4, -0.2) is 68.4 Å². The van der Waals surface area contributed by atoms with E-state index in [1.165, 1.54) is 0 Å². The molecule has 0 aliphatic carbocycles. The van der Waals surface area contributed by atoms with E-state index < -0.39 is 29.5 Å². The van der Waals surface area contributed by atoms with Crippen LogP contribution in [0.5, 0.6) is 0 Å². The lowest BCUT2D eigenvalue weighted by Gasteiger charge is -2.08. The van der Waals surface area contributed by atoms with E-state index in [1.807, 2.05) is 0 Å². The van der Waals surface area contributed by atoms with Crippen molar-refractivity contribution in [2.24, 2.45) is 0 Å². The van der Waals surface area contributed by atoms with Gasteiger partial charge in [-0.15, -0.1) is 0 Å². The second-order valence-corrected chi connectivity index (χ2v) is 13.0. The van der Waals surface area contributed by atoms with E-state index in [9.17, 15) is 9.59 Å². The molecule has 1 rings (SSSR count). The minimum Gasteiger partial charge on any atom is -0.460 e. The predicted octanol–water partition coefficient (Wildman–Crippen LogP) is 2.09.